The highest BCUT2D eigenvalue weighted by Crippen LogP contribution is 2.35. The van der Waals surface area contributed by atoms with Gasteiger partial charge >= 0.3 is 0 Å². The van der Waals surface area contributed by atoms with Crippen molar-refractivity contribution in [3.63, 3.8) is 0 Å². The largest absolute Gasteiger partial charge is 0.391 e. The molecule has 0 saturated carbocycles. The lowest BCUT2D eigenvalue weighted by atomic mass is 9.96. The zero-order valence-corrected chi connectivity index (χ0v) is 9.82. The minimum absolute atomic E-state index is 0.448. The molecule has 2 aliphatic rings. The maximum atomic E-state index is 13.9. The second-order valence-corrected chi connectivity index (χ2v) is 5.05. The molecule has 2 rings (SSSR count). The first-order chi connectivity index (χ1) is 7.54. The summed E-state index contributed by atoms with van der Waals surface area (Å²) in [5.41, 5.74) is -0.448. The number of amidine groups is 1. The fraction of sp³-hybridized carbons (Fsp3) is 0.889. The van der Waals surface area contributed by atoms with Gasteiger partial charge in [-0.2, -0.15) is 0 Å². The minimum atomic E-state index is -1.47. The summed E-state index contributed by atoms with van der Waals surface area (Å²) in [6.45, 7) is 1.48. The normalized spacial score (nSPS) is 47.6. The number of hydrogen-bond donors (Lipinski definition) is 3. The van der Waals surface area contributed by atoms with Crippen molar-refractivity contribution in [3.8, 4) is 0 Å². The van der Waals surface area contributed by atoms with Gasteiger partial charge < -0.3 is 20.3 Å². The summed E-state index contributed by atoms with van der Waals surface area (Å²) in [5.74, 6) is 0. The lowest BCUT2D eigenvalue weighted by Crippen LogP contribution is -2.59. The summed E-state index contributed by atoms with van der Waals surface area (Å²) in [4.78, 5) is 3.92. The predicted molar refractivity (Wildman–Crippen MR) is 59.1 cm³/mol. The molecule has 7 heteroatoms. The van der Waals surface area contributed by atoms with Crippen LogP contribution in [0.3, 0.4) is 0 Å². The molecular formula is C9H15FN2O3S. The van der Waals surface area contributed by atoms with Gasteiger partial charge in [0.2, 0.25) is 0 Å². The molecule has 2 fully saturated rings. The Morgan fingerprint density at radius 1 is 1.62 bits per heavy atom. The summed E-state index contributed by atoms with van der Waals surface area (Å²) < 4.78 is 19.3. The molecule has 6 atom stereocenters. The van der Waals surface area contributed by atoms with E-state index < -0.39 is 36.0 Å². The average molecular weight is 250 g/mol. The molecule has 3 N–H and O–H groups in total. The van der Waals surface area contributed by atoms with E-state index in [1.807, 2.05) is 0 Å². The molecule has 2 aliphatic heterocycles. The standard InChI is InChI=1S/C9H15FN2O3S/c1-3(13)7-6(14)4(10)5-8(15-7)16-9(11-2)12-5/h3-8,13-14H,1-2H3,(H,11,12)/t3-,4-,5+,6-,7?,8+/m0/s1. The van der Waals surface area contributed by atoms with Crippen LogP contribution in [-0.2, 0) is 4.74 Å². The molecule has 0 bridgehead atoms. The van der Waals surface area contributed by atoms with Crippen LogP contribution in [-0.4, -0.2) is 58.4 Å². The van der Waals surface area contributed by atoms with Crippen LogP contribution in [0.2, 0.25) is 0 Å². The fourth-order valence-corrected chi connectivity index (χ4v) is 2.99. The molecule has 0 aromatic carbocycles. The van der Waals surface area contributed by atoms with Gasteiger partial charge in [-0.05, 0) is 6.92 Å². The first-order valence-corrected chi connectivity index (χ1v) is 5.98. The number of halogens is 1. The highest BCUT2D eigenvalue weighted by atomic mass is 32.2. The first-order valence-electron chi connectivity index (χ1n) is 5.10. The molecule has 92 valence electrons. The summed E-state index contributed by atoms with van der Waals surface area (Å²) in [5, 5.41) is 22.5. The van der Waals surface area contributed by atoms with Crippen LogP contribution < -0.4 is 5.32 Å². The number of aliphatic imine (C=N–C) groups is 1. The zero-order valence-electron chi connectivity index (χ0n) is 9.00. The Labute approximate surface area is 97.1 Å². The molecule has 1 unspecified atom stereocenters. The third kappa shape index (κ3) is 1.92. The lowest BCUT2D eigenvalue weighted by molar-refractivity contribution is -0.167. The van der Waals surface area contributed by atoms with Crippen LogP contribution in [0.5, 0.6) is 0 Å². The summed E-state index contributed by atoms with van der Waals surface area (Å²) in [6, 6.07) is -0.603. The molecule has 16 heavy (non-hydrogen) atoms. The Morgan fingerprint density at radius 2 is 2.31 bits per heavy atom. The van der Waals surface area contributed by atoms with Gasteiger partial charge in [-0.1, -0.05) is 11.8 Å². The van der Waals surface area contributed by atoms with Gasteiger partial charge in [-0.3, -0.25) is 4.99 Å². The third-order valence-corrected chi connectivity index (χ3v) is 3.95. The van der Waals surface area contributed by atoms with Crippen LogP contribution in [0.25, 0.3) is 0 Å². The summed E-state index contributed by atoms with van der Waals surface area (Å²) in [7, 11) is 1.60. The molecule has 0 spiro atoms. The van der Waals surface area contributed by atoms with E-state index in [9.17, 15) is 14.6 Å². The number of nitrogens with one attached hydrogen (secondary N) is 1. The molecule has 0 amide bonds. The van der Waals surface area contributed by atoms with Crippen molar-refractivity contribution >= 4 is 16.9 Å². The smallest absolute Gasteiger partial charge is 0.159 e. The molecule has 0 radical (unpaired) electrons. The Morgan fingerprint density at radius 3 is 2.88 bits per heavy atom. The van der Waals surface area contributed by atoms with Crippen molar-refractivity contribution < 1.29 is 19.3 Å². The van der Waals surface area contributed by atoms with Crippen molar-refractivity contribution in [1.82, 2.24) is 5.32 Å². The van der Waals surface area contributed by atoms with E-state index in [1.54, 1.807) is 7.05 Å². The number of hydrogen-bond acceptors (Lipinski definition) is 5. The molecule has 2 heterocycles. The SMILES string of the molecule is CN=C1N[C@@H]2[C@H](F)[C@H](O)C([C@H](C)O)O[C@@H]2S1. The summed E-state index contributed by atoms with van der Waals surface area (Å²) in [6.07, 6.45) is -4.57. The van der Waals surface area contributed by atoms with Gasteiger partial charge in [0, 0.05) is 7.05 Å². The van der Waals surface area contributed by atoms with Crippen LogP contribution in [0.4, 0.5) is 4.39 Å². The maximum Gasteiger partial charge on any atom is 0.159 e. The summed E-state index contributed by atoms with van der Waals surface area (Å²) >= 11 is 1.28. The van der Waals surface area contributed by atoms with E-state index >= 15 is 0 Å². The highest BCUT2D eigenvalue weighted by molar-refractivity contribution is 8.14. The first kappa shape index (κ1) is 12.1. The van der Waals surface area contributed by atoms with Crippen LogP contribution in [0, 0.1) is 0 Å². The quantitative estimate of drug-likeness (QED) is 0.584. The van der Waals surface area contributed by atoms with Crippen molar-refractivity contribution in [2.45, 2.75) is 42.9 Å². The average Bonchev–Trinajstić information content (AvgIpc) is 2.66. The number of alkyl halides is 1. The number of aliphatic hydroxyl groups is 2. The number of nitrogens with zero attached hydrogens (tertiary/aromatic N) is 1. The molecular weight excluding hydrogens is 235 g/mol. The molecule has 0 aromatic rings. The lowest BCUT2D eigenvalue weighted by Gasteiger charge is -2.38. The van der Waals surface area contributed by atoms with Gasteiger partial charge in [0.1, 0.15) is 17.6 Å². The second kappa shape index (κ2) is 4.48. The van der Waals surface area contributed by atoms with E-state index in [0.717, 1.165) is 0 Å². The third-order valence-electron chi connectivity index (χ3n) is 2.79. The van der Waals surface area contributed by atoms with Crippen LogP contribution >= 0.6 is 11.8 Å². The van der Waals surface area contributed by atoms with Crippen molar-refractivity contribution in [2.75, 3.05) is 7.05 Å². The Hall–Kier alpha value is -0.370. The highest BCUT2D eigenvalue weighted by Gasteiger charge is 2.51. The fourth-order valence-electron chi connectivity index (χ4n) is 1.92. The van der Waals surface area contributed by atoms with E-state index in [0.29, 0.717) is 5.17 Å². The number of rotatable bonds is 1. The van der Waals surface area contributed by atoms with Gasteiger partial charge in [0.05, 0.1) is 12.1 Å². The monoisotopic (exact) mass is 250 g/mol. The van der Waals surface area contributed by atoms with E-state index in [-0.39, 0.29) is 0 Å². The van der Waals surface area contributed by atoms with E-state index in [4.69, 9.17) is 4.74 Å². The second-order valence-electron chi connectivity index (χ2n) is 3.96. The van der Waals surface area contributed by atoms with Gasteiger partial charge in [0.15, 0.2) is 11.3 Å². The van der Waals surface area contributed by atoms with E-state index in [1.165, 1.54) is 18.7 Å². The molecule has 5 nitrogen and oxygen atoms in total. The van der Waals surface area contributed by atoms with Crippen LogP contribution in [0.15, 0.2) is 4.99 Å². The number of aliphatic hydroxyl groups excluding tert-OH is 2. The van der Waals surface area contributed by atoms with Gasteiger partial charge in [-0.15, -0.1) is 0 Å². The number of ether oxygens (including phenoxy) is 1. The van der Waals surface area contributed by atoms with E-state index in [2.05, 4.69) is 10.3 Å². The Bertz CT molecular complexity index is 302. The van der Waals surface area contributed by atoms with Crippen molar-refractivity contribution in [1.29, 1.82) is 0 Å². The van der Waals surface area contributed by atoms with Gasteiger partial charge in [0.25, 0.3) is 0 Å². The molecule has 0 aromatic heterocycles. The molecule has 2 saturated heterocycles. The molecule has 0 aliphatic carbocycles. The minimum Gasteiger partial charge on any atom is -0.391 e. The Balaban J connectivity index is 2.15. The number of fused-ring (bicyclic) bond motifs is 1. The van der Waals surface area contributed by atoms with Crippen molar-refractivity contribution in [2.24, 2.45) is 4.99 Å². The zero-order chi connectivity index (χ0) is 11.9. The van der Waals surface area contributed by atoms with Crippen LogP contribution in [0.1, 0.15) is 6.92 Å². The van der Waals surface area contributed by atoms with Gasteiger partial charge in [-0.25, -0.2) is 4.39 Å². The topological polar surface area (TPSA) is 74.1 Å². The van der Waals surface area contributed by atoms with Crippen molar-refractivity contribution in [3.05, 3.63) is 0 Å². The Kier molecular flexibility index (Phi) is 3.39. The maximum absolute atomic E-state index is 13.9. The number of thioether (sulfide) groups is 1. The predicted octanol–water partition coefficient (Wildman–Crippen LogP) is -0.518.